The molecule has 88 valence electrons. The van der Waals surface area contributed by atoms with Crippen molar-refractivity contribution in [2.45, 2.75) is 25.3 Å². The molecule has 1 saturated carbocycles. The van der Waals surface area contributed by atoms with Crippen LogP contribution >= 0.6 is 27.5 Å². The predicted molar refractivity (Wildman–Crippen MR) is 66.1 cm³/mol. The van der Waals surface area contributed by atoms with Crippen molar-refractivity contribution in [2.75, 3.05) is 5.33 Å². The van der Waals surface area contributed by atoms with Crippen LogP contribution in [0.15, 0.2) is 16.7 Å². The van der Waals surface area contributed by atoms with Crippen LogP contribution in [0, 0.1) is 5.92 Å². The Labute approximate surface area is 108 Å². The van der Waals surface area contributed by atoms with Crippen molar-refractivity contribution in [1.29, 1.82) is 0 Å². The number of nitrogens with one attached hydrogen (secondary N) is 1. The largest absolute Gasteiger partial charge is 0.452 e. The third-order valence-electron chi connectivity index (χ3n) is 3.04. The molecular formula is C11H13BrClNO2. The molecule has 1 aromatic heterocycles. The molecule has 0 aliphatic heterocycles. The van der Waals surface area contributed by atoms with E-state index in [1.54, 1.807) is 6.07 Å². The lowest BCUT2D eigenvalue weighted by molar-refractivity contribution is 0.0930. The van der Waals surface area contributed by atoms with Crippen LogP contribution in [0.3, 0.4) is 0 Å². The molecule has 1 aliphatic rings. The van der Waals surface area contributed by atoms with Gasteiger partial charge in [-0.25, -0.2) is 0 Å². The molecule has 2 atom stereocenters. The first-order valence-corrected chi connectivity index (χ1v) is 6.82. The summed E-state index contributed by atoms with van der Waals surface area (Å²) >= 11 is 9.23. The second-order valence-electron chi connectivity index (χ2n) is 4.03. The summed E-state index contributed by atoms with van der Waals surface area (Å²) in [7, 11) is 0. The van der Waals surface area contributed by atoms with Crippen molar-refractivity contribution < 1.29 is 9.21 Å². The van der Waals surface area contributed by atoms with Gasteiger partial charge in [0.25, 0.3) is 5.91 Å². The van der Waals surface area contributed by atoms with Gasteiger partial charge in [0, 0.05) is 11.4 Å². The molecule has 1 heterocycles. The van der Waals surface area contributed by atoms with E-state index in [1.165, 1.54) is 12.7 Å². The van der Waals surface area contributed by atoms with E-state index in [0.29, 0.717) is 11.5 Å². The quantitative estimate of drug-likeness (QED) is 0.871. The summed E-state index contributed by atoms with van der Waals surface area (Å²) in [5.41, 5.74) is 0.418. The fourth-order valence-electron chi connectivity index (χ4n) is 2.11. The molecule has 1 fully saturated rings. The maximum Gasteiger partial charge on any atom is 0.256 e. The highest BCUT2D eigenvalue weighted by Gasteiger charge is 2.28. The van der Waals surface area contributed by atoms with E-state index in [4.69, 9.17) is 16.0 Å². The first-order chi connectivity index (χ1) is 7.72. The molecule has 0 aromatic carbocycles. The molecule has 0 bridgehead atoms. The summed E-state index contributed by atoms with van der Waals surface area (Å²) in [5.74, 6) is 0.381. The summed E-state index contributed by atoms with van der Waals surface area (Å²) in [5, 5.41) is 4.10. The van der Waals surface area contributed by atoms with Gasteiger partial charge >= 0.3 is 0 Å². The number of carbonyl (C=O) groups excluding carboxylic acids is 1. The molecular weight excluding hydrogens is 293 g/mol. The summed E-state index contributed by atoms with van der Waals surface area (Å²) in [6.45, 7) is 0. The van der Waals surface area contributed by atoms with E-state index in [-0.39, 0.29) is 17.2 Å². The Kier molecular flexibility index (Phi) is 3.92. The minimum Gasteiger partial charge on any atom is -0.452 e. The fraction of sp³-hybridized carbons (Fsp3) is 0.545. The number of alkyl halides is 1. The van der Waals surface area contributed by atoms with Gasteiger partial charge in [0.2, 0.25) is 5.22 Å². The zero-order valence-electron chi connectivity index (χ0n) is 8.71. The second kappa shape index (κ2) is 5.23. The average Bonchev–Trinajstić information content (AvgIpc) is 2.86. The van der Waals surface area contributed by atoms with Crippen molar-refractivity contribution in [1.82, 2.24) is 5.32 Å². The molecule has 1 aliphatic carbocycles. The number of hydrogen-bond acceptors (Lipinski definition) is 2. The summed E-state index contributed by atoms with van der Waals surface area (Å²) < 4.78 is 4.90. The average molecular weight is 307 g/mol. The van der Waals surface area contributed by atoms with Crippen LogP contribution in [0.25, 0.3) is 0 Å². The van der Waals surface area contributed by atoms with Gasteiger partial charge in [-0.2, -0.15) is 0 Å². The minimum absolute atomic E-state index is 0.142. The van der Waals surface area contributed by atoms with Crippen LogP contribution in [0.5, 0.6) is 0 Å². The molecule has 0 saturated heterocycles. The molecule has 2 rings (SSSR count). The zero-order chi connectivity index (χ0) is 11.5. The molecule has 5 heteroatoms. The van der Waals surface area contributed by atoms with Gasteiger partial charge in [-0.05, 0) is 36.4 Å². The Morgan fingerprint density at radius 2 is 2.44 bits per heavy atom. The van der Waals surface area contributed by atoms with Crippen LogP contribution in [0.2, 0.25) is 5.22 Å². The maximum atomic E-state index is 11.9. The smallest absolute Gasteiger partial charge is 0.256 e. The first kappa shape index (κ1) is 12.0. The van der Waals surface area contributed by atoms with E-state index in [1.807, 2.05) is 0 Å². The molecule has 1 aromatic rings. The fourth-order valence-corrected chi connectivity index (χ4v) is 3.09. The summed E-state index contributed by atoms with van der Waals surface area (Å²) in [6, 6.07) is 1.84. The number of halogens is 2. The highest BCUT2D eigenvalue weighted by molar-refractivity contribution is 9.09. The van der Waals surface area contributed by atoms with Crippen molar-refractivity contribution in [3.05, 3.63) is 23.1 Å². The lowest BCUT2D eigenvalue weighted by Gasteiger charge is -2.18. The third-order valence-corrected chi connectivity index (χ3v) is 4.16. The number of hydrogen-bond donors (Lipinski definition) is 1. The van der Waals surface area contributed by atoms with Crippen LogP contribution in [-0.2, 0) is 0 Å². The molecule has 0 spiro atoms. The highest BCUT2D eigenvalue weighted by Crippen LogP contribution is 2.27. The van der Waals surface area contributed by atoms with Crippen LogP contribution < -0.4 is 5.32 Å². The van der Waals surface area contributed by atoms with Gasteiger partial charge in [0.05, 0.1) is 11.8 Å². The molecule has 0 radical (unpaired) electrons. The molecule has 3 nitrogen and oxygen atoms in total. The van der Waals surface area contributed by atoms with Crippen molar-refractivity contribution in [3.8, 4) is 0 Å². The number of rotatable bonds is 3. The second-order valence-corrected chi connectivity index (χ2v) is 5.02. The monoisotopic (exact) mass is 305 g/mol. The van der Waals surface area contributed by atoms with Gasteiger partial charge in [-0.3, -0.25) is 4.79 Å². The van der Waals surface area contributed by atoms with E-state index in [9.17, 15) is 4.79 Å². The lowest BCUT2D eigenvalue weighted by atomic mass is 10.1. The highest BCUT2D eigenvalue weighted by atomic mass is 79.9. The van der Waals surface area contributed by atoms with Crippen LogP contribution in [0.1, 0.15) is 29.6 Å². The minimum atomic E-state index is -0.142. The topological polar surface area (TPSA) is 42.2 Å². The Balaban J connectivity index is 2.00. The van der Waals surface area contributed by atoms with E-state index in [2.05, 4.69) is 21.2 Å². The first-order valence-electron chi connectivity index (χ1n) is 5.32. The van der Waals surface area contributed by atoms with Crippen LogP contribution in [-0.4, -0.2) is 17.3 Å². The number of carbonyl (C=O) groups is 1. The van der Waals surface area contributed by atoms with Crippen molar-refractivity contribution in [3.63, 3.8) is 0 Å². The van der Waals surface area contributed by atoms with Gasteiger partial charge in [0.1, 0.15) is 0 Å². The predicted octanol–water partition coefficient (Wildman–Crippen LogP) is 3.23. The lowest BCUT2D eigenvalue weighted by Crippen LogP contribution is -2.37. The number of furan rings is 1. The van der Waals surface area contributed by atoms with Gasteiger partial charge < -0.3 is 9.73 Å². The van der Waals surface area contributed by atoms with Gasteiger partial charge in [0.15, 0.2) is 0 Å². The van der Waals surface area contributed by atoms with Crippen molar-refractivity contribution >= 4 is 33.4 Å². The Morgan fingerprint density at radius 1 is 1.62 bits per heavy atom. The summed E-state index contributed by atoms with van der Waals surface area (Å²) in [6.07, 6.45) is 4.79. The molecule has 2 unspecified atom stereocenters. The Bertz CT molecular complexity index is 380. The van der Waals surface area contributed by atoms with Crippen LogP contribution in [0.4, 0.5) is 0 Å². The van der Waals surface area contributed by atoms with E-state index < -0.39 is 0 Å². The number of amides is 1. The third kappa shape index (κ3) is 2.43. The van der Waals surface area contributed by atoms with E-state index in [0.717, 1.165) is 18.2 Å². The van der Waals surface area contributed by atoms with Crippen molar-refractivity contribution in [2.24, 2.45) is 5.92 Å². The summed E-state index contributed by atoms with van der Waals surface area (Å²) in [4.78, 5) is 11.9. The zero-order valence-corrected chi connectivity index (χ0v) is 11.1. The Morgan fingerprint density at radius 3 is 3.06 bits per heavy atom. The molecule has 1 N–H and O–H groups in total. The molecule has 16 heavy (non-hydrogen) atoms. The molecule has 1 amide bonds. The standard InChI is InChI=1S/C11H13BrClNO2/c12-6-7-2-1-3-9(7)14-11(15)8-4-5-16-10(8)13/h4-5,7,9H,1-3,6H2,(H,14,15). The normalized spacial score (nSPS) is 24.6. The van der Waals surface area contributed by atoms with Gasteiger partial charge in [-0.1, -0.05) is 22.4 Å². The Hall–Kier alpha value is -0.480. The maximum absolute atomic E-state index is 11.9. The SMILES string of the molecule is O=C(NC1CCCC1CBr)c1ccoc1Cl. The van der Waals surface area contributed by atoms with E-state index >= 15 is 0 Å². The van der Waals surface area contributed by atoms with Gasteiger partial charge in [-0.15, -0.1) is 0 Å².